The number of ether oxygens (including phenoxy) is 1. The van der Waals surface area contributed by atoms with Crippen molar-refractivity contribution in [2.24, 2.45) is 17.8 Å². The number of aromatic hydroxyl groups is 1. The maximum absolute atomic E-state index is 9.81. The first-order valence-electron chi connectivity index (χ1n) is 8.25. The highest BCUT2D eigenvalue weighted by molar-refractivity contribution is 5.66. The van der Waals surface area contributed by atoms with Crippen LogP contribution in [0.25, 0.3) is 5.76 Å². The summed E-state index contributed by atoms with van der Waals surface area (Å²) in [5.74, 6) is 2.60. The summed E-state index contributed by atoms with van der Waals surface area (Å²) in [6, 6.07) is 7.38. The molecule has 3 unspecified atom stereocenters. The first-order chi connectivity index (χ1) is 10.5. The number of hydrogen-bond donors (Lipinski definition) is 1. The summed E-state index contributed by atoms with van der Waals surface area (Å²) >= 11 is 0. The number of methoxy groups -OCH3 is 1. The molecule has 22 heavy (non-hydrogen) atoms. The van der Waals surface area contributed by atoms with Crippen molar-refractivity contribution in [3.63, 3.8) is 0 Å². The molecule has 0 amide bonds. The van der Waals surface area contributed by atoms with E-state index in [4.69, 9.17) is 4.74 Å². The summed E-state index contributed by atoms with van der Waals surface area (Å²) < 4.78 is 5.82. The first kappa shape index (κ1) is 16.7. The van der Waals surface area contributed by atoms with Crippen LogP contribution in [0.2, 0.25) is 0 Å². The highest BCUT2D eigenvalue weighted by atomic mass is 16.5. The highest BCUT2D eigenvalue weighted by Gasteiger charge is 2.32. The molecule has 0 bridgehead atoms. The third kappa shape index (κ3) is 3.21. The predicted molar refractivity (Wildman–Crippen MR) is 92.5 cm³/mol. The summed E-state index contributed by atoms with van der Waals surface area (Å²) in [5.41, 5.74) is 3.78. The molecule has 1 aliphatic carbocycles. The van der Waals surface area contributed by atoms with Gasteiger partial charge in [0.2, 0.25) is 0 Å². The zero-order valence-electron chi connectivity index (χ0n) is 14.4. The minimum atomic E-state index is 0.281. The van der Waals surface area contributed by atoms with Crippen molar-refractivity contribution in [3.05, 3.63) is 47.1 Å². The van der Waals surface area contributed by atoms with Gasteiger partial charge in [-0.05, 0) is 42.9 Å². The number of phenols is 1. The van der Waals surface area contributed by atoms with E-state index in [9.17, 15) is 5.11 Å². The van der Waals surface area contributed by atoms with Gasteiger partial charge in [-0.3, -0.25) is 0 Å². The van der Waals surface area contributed by atoms with Gasteiger partial charge < -0.3 is 9.84 Å². The Morgan fingerprint density at radius 3 is 2.59 bits per heavy atom. The molecule has 120 valence electrons. The Morgan fingerprint density at radius 1 is 1.27 bits per heavy atom. The van der Waals surface area contributed by atoms with E-state index >= 15 is 0 Å². The molecule has 0 radical (unpaired) electrons. The Kier molecular flexibility index (Phi) is 5.33. The molecular formula is C20H28O2. The lowest BCUT2D eigenvalue weighted by molar-refractivity contribution is 0.341. The summed E-state index contributed by atoms with van der Waals surface area (Å²) in [6.45, 7) is 9.02. The molecule has 0 spiro atoms. The Labute approximate surface area is 134 Å². The molecule has 2 rings (SSSR count). The average Bonchev–Trinajstić information content (AvgIpc) is 2.48. The Bertz CT molecular complexity index is 583. The fourth-order valence-corrected chi connectivity index (χ4v) is 3.61. The molecule has 0 heterocycles. The van der Waals surface area contributed by atoms with Crippen LogP contribution in [0.3, 0.4) is 0 Å². The van der Waals surface area contributed by atoms with Crippen molar-refractivity contribution in [1.29, 1.82) is 0 Å². The molecule has 2 heteroatoms. The molecular weight excluding hydrogens is 272 g/mol. The average molecular weight is 300 g/mol. The van der Waals surface area contributed by atoms with Crippen LogP contribution < -0.4 is 0 Å². The molecule has 1 aromatic carbocycles. The zero-order chi connectivity index (χ0) is 16.3. The van der Waals surface area contributed by atoms with Gasteiger partial charge >= 0.3 is 0 Å². The van der Waals surface area contributed by atoms with Crippen molar-refractivity contribution in [3.8, 4) is 5.75 Å². The molecule has 1 N–H and O–H groups in total. The Hall–Kier alpha value is -1.70. The summed E-state index contributed by atoms with van der Waals surface area (Å²) in [5, 5.41) is 9.81. The molecule has 0 saturated heterocycles. The van der Waals surface area contributed by atoms with E-state index in [0.29, 0.717) is 17.8 Å². The van der Waals surface area contributed by atoms with Crippen LogP contribution in [0.15, 0.2) is 41.5 Å². The van der Waals surface area contributed by atoms with Crippen LogP contribution in [-0.4, -0.2) is 12.2 Å². The molecule has 1 aliphatic rings. The number of phenolic OH excluding ortho intramolecular Hbond substituents is 1. The van der Waals surface area contributed by atoms with E-state index in [-0.39, 0.29) is 5.75 Å². The fourth-order valence-electron chi connectivity index (χ4n) is 3.61. The van der Waals surface area contributed by atoms with E-state index in [1.165, 1.54) is 11.1 Å². The van der Waals surface area contributed by atoms with E-state index in [1.54, 1.807) is 19.2 Å². The quantitative estimate of drug-likeness (QED) is 0.596. The topological polar surface area (TPSA) is 29.5 Å². The largest absolute Gasteiger partial charge is 0.508 e. The maximum Gasteiger partial charge on any atom is 0.126 e. The van der Waals surface area contributed by atoms with Gasteiger partial charge in [-0.2, -0.15) is 0 Å². The second-order valence-electron chi connectivity index (χ2n) is 6.44. The molecule has 0 aromatic heterocycles. The summed E-state index contributed by atoms with van der Waals surface area (Å²) in [4.78, 5) is 0. The van der Waals surface area contributed by atoms with Crippen LogP contribution in [0, 0.1) is 17.8 Å². The van der Waals surface area contributed by atoms with Gasteiger partial charge in [0.05, 0.1) is 7.11 Å². The van der Waals surface area contributed by atoms with Crippen molar-refractivity contribution in [2.75, 3.05) is 7.11 Å². The SMILES string of the molecule is CCCC1C(C)=CC(C)C(C)/C1=C(\OC)c1cccc(O)c1. The van der Waals surface area contributed by atoms with Gasteiger partial charge in [-0.15, -0.1) is 0 Å². The van der Waals surface area contributed by atoms with Gasteiger partial charge in [0, 0.05) is 11.5 Å². The van der Waals surface area contributed by atoms with Crippen LogP contribution in [0.5, 0.6) is 5.75 Å². The second-order valence-corrected chi connectivity index (χ2v) is 6.44. The van der Waals surface area contributed by atoms with Crippen LogP contribution in [0.4, 0.5) is 0 Å². The van der Waals surface area contributed by atoms with Gasteiger partial charge in [-0.1, -0.05) is 51.0 Å². The van der Waals surface area contributed by atoms with Crippen molar-refractivity contribution in [2.45, 2.75) is 40.5 Å². The molecule has 1 aromatic rings. The van der Waals surface area contributed by atoms with E-state index in [0.717, 1.165) is 24.2 Å². The minimum Gasteiger partial charge on any atom is -0.508 e. The first-order valence-corrected chi connectivity index (χ1v) is 8.25. The van der Waals surface area contributed by atoms with Crippen molar-refractivity contribution in [1.82, 2.24) is 0 Å². The molecule has 3 atom stereocenters. The number of rotatable bonds is 4. The lowest BCUT2D eigenvalue weighted by Crippen LogP contribution is -2.24. The van der Waals surface area contributed by atoms with Crippen LogP contribution in [0.1, 0.15) is 46.1 Å². The monoisotopic (exact) mass is 300 g/mol. The summed E-state index contributed by atoms with van der Waals surface area (Å²) in [6.07, 6.45) is 4.70. The lowest BCUT2D eigenvalue weighted by atomic mass is 9.70. The van der Waals surface area contributed by atoms with E-state index < -0.39 is 0 Å². The van der Waals surface area contributed by atoms with Crippen molar-refractivity contribution < 1.29 is 9.84 Å². The van der Waals surface area contributed by atoms with E-state index in [2.05, 4.69) is 33.8 Å². The Balaban J connectivity index is 2.61. The van der Waals surface area contributed by atoms with Gasteiger partial charge in [0.25, 0.3) is 0 Å². The maximum atomic E-state index is 9.81. The van der Waals surface area contributed by atoms with Gasteiger partial charge in [-0.25, -0.2) is 0 Å². The van der Waals surface area contributed by atoms with Crippen molar-refractivity contribution >= 4 is 5.76 Å². The summed E-state index contributed by atoms with van der Waals surface area (Å²) in [7, 11) is 1.74. The second kappa shape index (κ2) is 7.04. The molecule has 0 aliphatic heterocycles. The zero-order valence-corrected chi connectivity index (χ0v) is 14.4. The third-order valence-electron chi connectivity index (χ3n) is 4.88. The standard InChI is InChI=1S/C20H28O2/c1-6-8-18-14(3)11-13(2)15(4)19(18)20(22-5)16-9-7-10-17(21)12-16/h7,9-13,15,18,21H,6,8H2,1-5H3/b20-19+. The molecule has 2 nitrogen and oxygen atoms in total. The smallest absolute Gasteiger partial charge is 0.126 e. The number of allylic oxidation sites excluding steroid dienone is 3. The lowest BCUT2D eigenvalue weighted by Gasteiger charge is -2.35. The van der Waals surface area contributed by atoms with Gasteiger partial charge in [0.15, 0.2) is 0 Å². The predicted octanol–water partition coefficient (Wildman–Crippen LogP) is 5.40. The minimum absolute atomic E-state index is 0.281. The Morgan fingerprint density at radius 2 is 2.00 bits per heavy atom. The van der Waals surface area contributed by atoms with Crippen LogP contribution >= 0.6 is 0 Å². The van der Waals surface area contributed by atoms with Crippen LogP contribution in [-0.2, 0) is 4.74 Å². The third-order valence-corrected chi connectivity index (χ3v) is 4.88. The number of hydrogen-bond acceptors (Lipinski definition) is 2. The molecule has 0 fully saturated rings. The normalized spacial score (nSPS) is 27.3. The molecule has 0 saturated carbocycles. The fraction of sp³-hybridized carbons (Fsp3) is 0.500. The van der Waals surface area contributed by atoms with Gasteiger partial charge in [0.1, 0.15) is 11.5 Å². The highest BCUT2D eigenvalue weighted by Crippen LogP contribution is 2.44. The van der Waals surface area contributed by atoms with E-state index in [1.807, 2.05) is 12.1 Å². The number of benzene rings is 1.